The first-order valence-electron chi connectivity index (χ1n) is 7.81. The number of hydrogen-bond donors (Lipinski definition) is 1. The minimum absolute atomic E-state index is 0. The van der Waals surface area contributed by atoms with Gasteiger partial charge in [0.15, 0.2) is 0 Å². The predicted octanol–water partition coefficient (Wildman–Crippen LogP) is 2.66. The number of halogens is 3. The average Bonchev–Trinajstić information content (AvgIpc) is 2.85. The fourth-order valence-corrected chi connectivity index (χ4v) is 3.07. The van der Waals surface area contributed by atoms with E-state index in [0.717, 1.165) is 23.5 Å². The fourth-order valence-electron chi connectivity index (χ4n) is 3.07. The van der Waals surface area contributed by atoms with Crippen LogP contribution in [0.4, 0.5) is 4.39 Å². The zero-order valence-corrected chi connectivity index (χ0v) is 15.9. The van der Waals surface area contributed by atoms with Crippen molar-refractivity contribution in [2.24, 2.45) is 0 Å². The summed E-state index contributed by atoms with van der Waals surface area (Å²) in [6.45, 7) is 6.05. The van der Waals surface area contributed by atoms with Gasteiger partial charge in [-0.05, 0) is 37.6 Å². The lowest BCUT2D eigenvalue weighted by molar-refractivity contribution is -0.135. The lowest BCUT2D eigenvalue weighted by Crippen LogP contribution is -2.49. The van der Waals surface area contributed by atoms with Crippen LogP contribution in [0.2, 0.25) is 0 Å². The van der Waals surface area contributed by atoms with Crippen LogP contribution in [-0.2, 0) is 11.3 Å². The number of aromatic nitrogens is 2. The van der Waals surface area contributed by atoms with Crippen molar-refractivity contribution in [1.29, 1.82) is 0 Å². The van der Waals surface area contributed by atoms with Crippen molar-refractivity contribution in [1.82, 2.24) is 20.0 Å². The molecule has 25 heavy (non-hydrogen) atoms. The number of rotatable bonds is 3. The van der Waals surface area contributed by atoms with Gasteiger partial charge < -0.3 is 10.2 Å². The second-order valence-electron chi connectivity index (χ2n) is 5.95. The van der Waals surface area contributed by atoms with E-state index in [1.54, 1.807) is 10.7 Å². The second kappa shape index (κ2) is 9.17. The largest absolute Gasteiger partial charge is 0.331 e. The first-order chi connectivity index (χ1) is 11.0. The smallest absolute Gasteiger partial charge is 0.244 e. The van der Waals surface area contributed by atoms with Gasteiger partial charge in [-0.1, -0.05) is 12.1 Å². The molecule has 2 aromatic rings. The number of aryl methyl sites for hydroxylation is 2. The van der Waals surface area contributed by atoms with Gasteiger partial charge in [0.05, 0.1) is 11.7 Å². The molecule has 3 rings (SSSR count). The Kier molecular flexibility index (Phi) is 7.86. The van der Waals surface area contributed by atoms with Crippen LogP contribution in [-0.4, -0.2) is 40.2 Å². The molecule has 2 heterocycles. The van der Waals surface area contributed by atoms with Gasteiger partial charge >= 0.3 is 0 Å². The molecule has 1 atom stereocenters. The van der Waals surface area contributed by atoms with Gasteiger partial charge in [-0.2, -0.15) is 5.10 Å². The summed E-state index contributed by atoms with van der Waals surface area (Å²) in [5, 5.41) is 7.63. The molecule has 1 aromatic heterocycles. The molecule has 1 saturated heterocycles. The zero-order valence-electron chi connectivity index (χ0n) is 14.2. The molecule has 0 radical (unpaired) electrons. The molecule has 1 amide bonds. The van der Waals surface area contributed by atoms with E-state index in [2.05, 4.69) is 10.4 Å². The molecule has 1 aliphatic heterocycles. The van der Waals surface area contributed by atoms with Crippen molar-refractivity contribution >= 4 is 30.7 Å². The van der Waals surface area contributed by atoms with E-state index in [-0.39, 0.29) is 49.1 Å². The van der Waals surface area contributed by atoms with E-state index in [4.69, 9.17) is 0 Å². The third kappa shape index (κ3) is 4.93. The number of hydrogen-bond acceptors (Lipinski definition) is 3. The number of amides is 1. The highest BCUT2D eigenvalue weighted by molar-refractivity contribution is 5.85. The molecule has 0 saturated carbocycles. The molecule has 0 bridgehead atoms. The van der Waals surface area contributed by atoms with E-state index in [0.29, 0.717) is 13.1 Å². The van der Waals surface area contributed by atoms with Crippen molar-refractivity contribution in [2.75, 3.05) is 19.6 Å². The SMILES string of the molecule is Cc1cc(C)n(CC(=O)N2CCNCC2c2cccc(F)c2)n1.Cl.Cl. The van der Waals surface area contributed by atoms with Crippen LogP contribution in [0.15, 0.2) is 30.3 Å². The first-order valence-corrected chi connectivity index (χ1v) is 7.81. The molecule has 1 fully saturated rings. The van der Waals surface area contributed by atoms with Gasteiger partial charge in [0.1, 0.15) is 12.4 Å². The highest BCUT2D eigenvalue weighted by atomic mass is 35.5. The summed E-state index contributed by atoms with van der Waals surface area (Å²) in [6.07, 6.45) is 0. The van der Waals surface area contributed by atoms with Crippen LogP contribution in [0.1, 0.15) is 23.0 Å². The lowest BCUT2D eigenvalue weighted by atomic mass is 10.0. The number of benzene rings is 1. The molecule has 8 heteroatoms. The summed E-state index contributed by atoms with van der Waals surface area (Å²) in [6, 6.07) is 8.27. The molecule has 0 aliphatic carbocycles. The molecule has 138 valence electrons. The molecule has 1 aliphatic rings. The van der Waals surface area contributed by atoms with Crippen LogP contribution < -0.4 is 5.32 Å². The summed E-state index contributed by atoms with van der Waals surface area (Å²) in [7, 11) is 0. The van der Waals surface area contributed by atoms with Crippen LogP contribution in [0.5, 0.6) is 0 Å². The van der Waals surface area contributed by atoms with E-state index in [9.17, 15) is 9.18 Å². The molecule has 5 nitrogen and oxygen atoms in total. The van der Waals surface area contributed by atoms with Gasteiger partial charge in [0.25, 0.3) is 0 Å². The summed E-state index contributed by atoms with van der Waals surface area (Å²) in [4.78, 5) is 14.6. The Morgan fingerprint density at radius 3 is 2.72 bits per heavy atom. The maximum absolute atomic E-state index is 13.5. The molecule has 1 N–H and O–H groups in total. The van der Waals surface area contributed by atoms with Crippen molar-refractivity contribution in [2.45, 2.75) is 26.4 Å². The Balaban J connectivity index is 0.00000156. The maximum Gasteiger partial charge on any atom is 0.244 e. The van der Waals surface area contributed by atoms with Crippen molar-refractivity contribution in [3.63, 3.8) is 0 Å². The average molecular weight is 389 g/mol. The number of carbonyl (C=O) groups is 1. The summed E-state index contributed by atoms with van der Waals surface area (Å²) in [5.74, 6) is -0.272. The highest BCUT2D eigenvalue weighted by Gasteiger charge is 2.28. The topological polar surface area (TPSA) is 50.2 Å². The van der Waals surface area contributed by atoms with E-state index in [1.807, 2.05) is 30.9 Å². The minimum Gasteiger partial charge on any atom is -0.331 e. The molecular formula is C17H23Cl2FN4O. The van der Waals surface area contributed by atoms with Crippen molar-refractivity contribution in [3.8, 4) is 0 Å². The summed E-state index contributed by atoms with van der Waals surface area (Å²) < 4.78 is 15.2. The molecule has 0 spiro atoms. The van der Waals surface area contributed by atoms with Crippen molar-refractivity contribution < 1.29 is 9.18 Å². The Morgan fingerprint density at radius 1 is 1.32 bits per heavy atom. The quantitative estimate of drug-likeness (QED) is 0.878. The number of nitrogens with one attached hydrogen (secondary N) is 1. The van der Waals surface area contributed by atoms with Crippen LogP contribution >= 0.6 is 24.8 Å². The zero-order chi connectivity index (χ0) is 16.4. The Morgan fingerprint density at radius 2 is 2.08 bits per heavy atom. The number of carbonyl (C=O) groups excluding carboxylic acids is 1. The first kappa shape index (κ1) is 21.4. The molecular weight excluding hydrogens is 366 g/mol. The van der Waals surface area contributed by atoms with E-state index < -0.39 is 0 Å². The van der Waals surface area contributed by atoms with Gasteiger partial charge in [0.2, 0.25) is 5.91 Å². The van der Waals surface area contributed by atoms with Crippen LogP contribution in [0.25, 0.3) is 0 Å². The van der Waals surface area contributed by atoms with E-state index >= 15 is 0 Å². The normalized spacial score (nSPS) is 16.8. The standard InChI is InChI=1S/C17H21FN4O.2ClH/c1-12-8-13(2)22(20-12)11-17(23)21-7-6-19-10-16(21)14-4-3-5-15(18)9-14;;/h3-5,8-9,16,19H,6-7,10-11H2,1-2H3;2*1H. The monoisotopic (exact) mass is 388 g/mol. The number of piperazine rings is 1. The fraction of sp³-hybridized carbons (Fsp3) is 0.412. The Bertz CT molecular complexity index is 722. The van der Waals surface area contributed by atoms with Gasteiger partial charge in [-0.15, -0.1) is 24.8 Å². The molecule has 1 aromatic carbocycles. The van der Waals surface area contributed by atoms with Gasteiger partial charge in [0, 0.05) is 25.3 Å². The van der Waals surface area contributed by atoms with E-state index in [1.165, 1.54) is 12.1 Å². The lowest BCUT2D eigenvalue weighted by Gasteiger charge is -2.36. The highest BCUT2D eigenvalue weighted by Crippen LogP contribution is 2.23. The summed E-state index contributed by atoms with van der Waals surface area (Å²) >= 11 is 0. The van der Waals surface area contributed by atoms with Crippen LogP contribution in [0.3, 0.4) is 0 Å². The van der Waals surface area contributed by atoms with Crippen LogP contribution in [0, 0.1) is 19.7 Å². The summed E-state index contributed by atoms with van der Waals surface area (Å²) in [5.41, 5.74) is 2.68. The predicted molar refractivity (Wildman–Crippen MR) is 99.9 cm³/mol. The number of nitrogens with zero attached hydrogens (tertiary/aromatic N) is 3. The third-order valence-corrected chi connectivity index (χ3v) is 4.19. The second-order valence-corrected chi connectivity index (χ2v) is 5.95. The maximum atomic E-state index is 13.5. The Hall–Kier alpha value is -1.63. The van der Waals surface area contributed by atoms with Gasteiger partial charge in [-0.3, -0.25) is 9.48 Å². The van der Waals surface area contributed by atoms with Crippen molar-refractivity contribution in [3.05, 3.63) is 53.1 Å². The molecule has 1 unspecified atom stereocenters. The Labute approximate surface area is 159 Å². The third-order valence-electron chi connectivity index (χ3n) is 4.19. The van der Waals surface area contributed by atoms with Gasteiger partial charge in [-0.25, -0.2) is 4.39 Å². The minimum atomic E-state index is -0.279.